The molecule has 1 amide bonds. The van der Waals surface area contributed by atoms with Gasteiger partial charge in [0.2, 0.25) is 0 Å². The minimum atomic E-state index is -1.27. The SMILES string of the molecule is CCOc1cc(-c2ccc(N3CC[C@@](S)(NC(=O)c4c(F)cccc4F)C4=NN=CC43)nc2)c2c3cn[nH]c3nn2c1. The van der Waals surface area contributed by atoms with E-state index < -0.39 is 34.0 Å². The van der Waals surface area contributed by atoms with Gasteiger partial charge in [0.25, 0.3) is 5.91 Å². The number of hydrogen-bond acceptors (Lipinski definition) is 9. The quantitative estimate of drug-likeness (QED) is 0.204. The second-order valence-corrected chi connectivity index (χ2v) is 10.7. The molecule has 2 aliphatic rings. The molecule has 2 atom stereocenters. The summed E-state index contributed by atoms with van der Waals surface area (Å²) in [4.78, 5) is 18.4. The molecule has 0 saturated carbocycles. The first-order chi connectivity index (χ1) is 20.4. The van der Waals surface area contributed by atoms with Gasteiger partial charge in [-0.15, -0.1) is 17.7 Å². The zero-order valence-electron chi connectivity index (χ0n) is 22.1. The number of rotatable bonds is 6. The first kappa shape index (κ1) is 26.1. The summed E-state index contributed by atoms with van der Waals surface area (Å²) < 4.78 is 36.1. The number of pyridine rings is 2. The summed E-state index contributed by atoms with van der Waals surface area (Å²) in [5.41, 5.74) is 3.02. The van der Waals surface area contributed by atoms with Gasteiger partial charge in [0.1, 0.15) is 45.4 Å². The van der Waals surface area contributed by atoms with Crippen LogP contribution in [0.2, 0.25) is 0 Å². The van der Waals surface area contributed by atoms with Gasteiger partial charge < -0.3 is 15.0 Å². The Morgan fingerprint density at radius 2 is 2.07 bits per heavy atom. The lowest BCUT2D eigenvalue weighted by Crippen LogP contribution is -2.63. The van der Waals surface area contributed by atoms with E-state index in [0.29, 0.717) is 36.1 Å². The smallest absolute Gasteiger partial charge is 0.258 e. The normalized spacial score (nSPS) is 19.8. The fourth-order valence-electron chi connectivity index (χ4n) is 5.46. The van der Waals surface area contributed by atoms with Gasteiger partial charge >= 0.3 is 0 Å². The Kier molecular flexibility index (Phi) is 6.15. The molecule has 2 aliphatic heterocycles. The number of anilines is 1. The van der Waals surface area contributed by atoms with Crippen LogP contribution in [-0.2, 0) is 0 Å². The van der Waals surface area contributed by atoms with E-state index >= 15 is 0 Å². The van der Waals surface area contributed by atoms with Gasteiger partial charge in [-0.3, -0.25) is 9.89 Å². The van der Waals surface area contributed by atoms with E-state index in [2.05, 4.69) is 30.8 Å². The Hall–Kier alpha value is -4.85. The Bertz CT molecular complexity index is 1900. The number of carbonyl (C=O) groups is 1. The van der Waals surface area contributed by atoms with Crippen LogP contribution in [0.5, 0.6) is 5.75 Å². The Morgan fingerprint density at radius 1 is 1.24 bits per heavy atom. The van der Waals surface area contributed by atoms with E-state index in [1.165, 1.54) is 6.07 Å². The van der Waals surface area contributed by atoms with Crippen LogP contribution in [0.4, 0.5) is 14.6 Å². The number of halogens is 2. The summed E-state index contributed by atoms with van der Waals surface area (Å²) in [6.07, 6.45) is 7.25. The van der Waals surface area contributed by atoms with Crippen LogP contribution in [0, 0.1) is 11.6 Å². The lowest BCUT2D eigenvalue weighted by Gasteiger charge is -2.43. The van der Waals surface area contributed by atoms with E-state index in [4.69, 9.17) is 22.3 Å². The van der Waals surface area contributed by atoms with Gasteiger partial charge in [-0.2, -0.15) is 15.3 Å². The van der Waals surface area contributed by atoms with E-state index in [1.54, 1.807) is 23.1 Å². The highest BCUT2D eigenvalue weighted by molar-refractivity contribution is 7.82. The predicted octanol–water partition coefficient (Wildman–Crippen LogP) is 4.02. The number of nitrogens with zero attached hydrogens (tertiary/aromatic N) is 7. The van der Waals surface area contributed by atoms with E-state index in [9.17, 15) is 13.6 Å². The summed E-state index contributed by atoms with van der Waals surface area (Å²) in [6.45, 7) is 2.84. The van der Waals surface area contributed by atoms with Crippen molar-refractivity contribution in [3.05, 3.63) is 72.2 Å². The summed E-state index contributed by atoms with van der Waals surface area (Å²) in [6, 6.07) is 8.60. The molecule has 0 spiro atoms. The number of aromatic amines is 1. The highest BCUT2D eigenvalue weighted by atomic mass is 32.1. The van der Waals surface area contributed by atoms with Crippen LogP contribution in [0.25, 0.3) is 27.7 Å². The third kappa shape index (κ3) is 4.17. The average Bonchev–Trinajstić information content (AvgIpc) is 3.70. The largest absolute Gasteiger partial charge is 0.492 e. The van der Waals surface area contributed by atoms with Gasteiger partial charge in [-0.1, -0.05) is 6.07 Å². The van der Waals surface area contributed by atoms with Crippen LogP contribution >= 0.6 is 12.6 Å². The molecule has 7 rings (SSSR count). The summed E-state index contributed by atoms with van der Waals surface area (Å²) in [7, 11) is 0. The Labute approximate surface area is 242 Å². The molecular formula is C28H23F2N9O2S. The van der Waals surface area contributed by atoms with E-state index in [1.807, 2.05) is 36.2 Å². The number of hydrogen-bond donors (Lipinski definition) is 3. The third-order valence-electron chi connectivity index (χ3n) is 7.40. The van der Waals surface area contributed by atoms with Crippen LogP contribution in [0.15, 0.2) is 65.2 Å². The van der Waals surface area contributed by atoms with Crippen molar-refractivity contribution in [1.82, 2.24) is 30.1 Å². The van der Waals surface area contributed by atoms with Crippen LogP contribution in [0.1, 0.15) is 23.7 Å². The number of thiol groups is 1. The third-order valence-corrected chi connectivity index (χ3v) is 7.97. The molecule has 14 heteroatoms. The molecule has 212 valence electrons. The van der Waals surface area contributed by atoms with Crippen molar-refractivity contribution in [2.45, 2.75) is 24.3 Å². The van der Waals surface area contributed by atoms with Gasteiger partial charge in [-0.05, 0) is 37.3 Å². The van der Waals surface area contributed by atoms with Gasteiger partial charge in [0, 0.05) is 30.3 Å². The number of fused-ring (bicyclic) bond motifs is 4. The second-order valence-electron chi connectivity index (χ2n) is 9.90. The first-order valence-electron chi connectivity index (χ1n) is 13.2. The van der Waals surface area contributed by atoms with Crippen LogP contribution < -0.4 is 15.0 Å². The fraction of sp³-hybridized carbons (Fsp3) is 0.214. The van der Waals surface area contributed by atoms with Crippen molar-refractivity contribution in [3.8, 4) is 16.9 Å². The highest BCUT2D eigenvalue weighted by Crippen LogP contribution is 2.36. The molecule has 1 unspecified atom stereocenters. The molecule has 6 heterocycles. The first-order valence-corrected chi connectivity index (χ1v) is 13.6. The number of ether oxygens (including phenoxy) is 1. The molecule has 4 aromatic heterocycles. The molecule has 42 heavy (non-hydrogen) atoms. The van der Waals surface area contributed by atoms with Crippen molar-refractivity contribution in [2.75, 3.05) is 18.1 Å². The molecule has 11 nitrogen and oxygen atoms in total. The summed E-state index contributed by atoms with van der Waals surface area (Å²) in [5.74, 6) is -1.51. The number of aromatic nitrogens is 5. The number of amides is 1. The van der Waals surface area contributed by atoms with Crippen molar-refractivity contribution in [1.29, 1.82) is 0 Å². The Balaban J connectivity index is 1.18. The molecule has 0 radical (unpaired) electrons. The van der Waals surface area contributed by atoms with Crippen molar-refractivity contribution in [3.63, 3.8) is 0 Å². The lowest BCUT2D eigenvalue weighted by molar-refractivity contribution is 0.0931. The standard InChI is InChI=1S/C28H23F2N9O2S/c1-2-41-16-10-17(24-18-12-32-36-26(18)37-39(24)14-16)15-6-7-22(31-11-15)38-9-8-28(42,25-21(38)13-33-35-25)34-27(40)23-19(29)4-3-5-20(23)30/h3-7,10-14,21,42H,2,8-9H2,1H3,(H,34,40)(H,36,37)/t21?,28-/m0/s1. The number of benzene rings is 1. The molecule has 0 aliphatic carbocycles. The lowest BCUT2D eigenvalue weighted by atomic mass is 9.94. The Morgan fingerprint density at radius 3 is 2.83 bits per heavy atom. The molecular weight excluding hydrogens is 564 g/mol. The number of nitrogens with one attached hydrogen (secondary N) is 2. The van der Waals surface area contributed by atoms with Crippen molar-refractivity contribution < 1.29 is 18.3 Å². The highest BCUT2D eigenvalue weighted by Gasteiger charge is 2.47. The van der Waals surface area contributed by atoms with Crippen LogP contribution in [-0.4, -0.2) is 66.7 Å². The average molecular weight is 588 g/mol. The van der Waals surface area contributed by atoms with Gasteiger partial charge in [0.15, 0.2) is 5.65 Å². The zero-order valence-corrected chi connectivity index (χ0v) is 23.0. The summed E-state index contributed by atoms with van der Waals surface area (Å²) in [5, 5.41) is 23.4. The molecule has 0 bridgehead atoms. The zero-order chi connectivity index (χ0) is 29.0. The predicted molar refractivity (Wildman–Crippen MR) is 156 cm³/mol. The van der Waals surface area contributed by atoms with Crippen molar-refractivity contribution >= 4 is 52.8 Å². The number of piperidine rings is 1. The van der Waals surface area contributed by atoms with E-state index in [0.717, 1.165) is 34.2 Å². The topological polar surface area (TPSA) is 125 Å². The van der Waals surface area contributed by atoms with E-state index in [-0.39, 0.29) is 6.42 Å². The number of H-pyrrole nitrogens is 1. The second kappa shape index (κ2) is 9.91. The molecule has 5 aromatic rings. The van der Waals surface area contributed by atoms with Gasteiger partial charge in [-0.25, -0.2) is 18.3 Å². The minimum Gasteiger partial charge on any atom is -0.492 e. The fourth-order valence-corrected chi connectivity index (χ4v) is 5.84. The van der Waals surface area contributed by atoms with Crippen molar-refractivity contribution in [2.24, 2.45) is 10.2 Å². The maximum absolute atomic E-state index is 14.3. The monoisotopic (exact) mass is 587 g/mol. The molecule has 1 aromatic carbocycles. The molecule has 2 N–H and O–H groups in total. The minimum absolute atomic E-state index is 0.283. The van der Waals surface area contributed by atoms with Crippen LogP contribution in [0.3, 0.4) is 0 Å². The number of carbonyl (C=O) groups excluding carboxylic acids is 1. The molecule has 1 saturated heterocycles. The molecule has 1 fully saturated rings. The maximum Gasteiger partial charge on any atom is 0.258 e. The summed E-state index contributed by atoms with van der Waals surface area (Å²) >= 11 is 4.72. The maximum atomic E-state index is 14.3. The van der Waals surface area contributed by atoms with Gasteiger partial charge in [0.05, 0.1) is 36.1 Å².